The van der Waals surface area contributed by atoms with Crippen LogP contribution in [0.2, 0.25) is 0 Å². The molecule has 2 amide bonds. The molecule has 0 aliphatic rings. The van der Waals surface area contributed by atoms with E-state index in [-0.39, 0.29) is 11.8 Å². The lowest BCUT2D eigenvalue weighted by Crippen LogP contribution is -2.34. The van der Waals surface area contributed by atoms with Gasteiger partial charge in [-0.1, -0.05) is 54.6 Å². The van der Waals surface area contributed by atoms with Gasteiger partial charge in [0.05, 0.1) is 16.7 Å². The number of hydrogen-bond acceptors (Lipinski definition) is 3. The van der Waals surface area contributed by atoms with Crippen molar-refractivity contribution >= 4 is 39.3 Å². The summed E-state index contributed by atoms with van der Waals surface area (Å²) in [4.78, 5) is 31.4. The van der Waals surface area contributed by atoms with Gasteiger partial charge in [-0.2, -0.15) is 0 Å². The van der Waals surface area contributed by atoms with E-state index in [1.165, 1.54) is 6.92 Å². The van der Waals surface area contributed by atoms with Gasteiger partial charge in [0.25, 0.3) is 5.91 Å². The van der Waals surface area contributed by atoms with Gasteiger partial charge in [-0.25, -0.2) is 4.98 Å². The number of para-hydroxylation sites is 2. The molecule has 0 aliphatic heterocycles. The third-order valence-electron chi connectivity index (χ3n) is 5.03. The molecular formula is C25H23N3O2. The fourth-order valence-electron chi connectivity index (χ4n) is 3.66. The molecule has 1 N–H and O–H groups in total. The van der Waals surface area contributed by atoms with E-state index in [1.807, 2.05) is 83.8 Å². The van der Waals surface area contributed by atoms with Crippen molar-refractivity contribution in [2.45, 2.75) is 13.3 Å². The van der Waals surface area contributed by atoms with Gasteiger partial charge in [0.1, 0.15) is 0 Å². The molecule has 0 saturated carbocycles. The van der Waals surface area contributed by atoms with Crippen LogP contribution in [0.5, 0.6) is 0 Å². The predicted octanol–water partition coefficient (Wildman–Crippen LogP) is 4.56. The third-order valence-corrected chi connectivity index (χ3v) is 5.03. The second-order valence-electron chi connectivity index (χ2n) is 7.15. The Bertz CT molecular complexity index is 1150. The minimum absolute atomic E-state index is 0.0695. The molecule has 0 atom stereocenters. The van der Waals surface area contributed by atoms with Crippen LogP contribution < -0.4 is 10.2 Å². The number of nitrogens with one attached hydrogen (secondary N) is 1. The third kappa shape index (κ3) is 4.01. The lowest BCUT2D eigenvalue weighted by atomic mass is 10.0. The summed E-state index contributed by atoms with van der Waals surface area (Å²) in [7, 11) is 0. The molecule has 1 aromatic heterocycles. The lowest BCUT2D eigenvalue weighted by molar-refractivity contribution is -0.118. The molecule has 4 aromatic rings. The SMILES string of the molecule is CC(=O)NCCCN(C(=O)c1ccccc1)c1c2ccccc2nc2ccccc12. The molecule has 30 heavy (non-hydrogen) atoms. The van der Waals surface area contributed by atoms with Crippen LogP contribution >= 0.6 is 0 Å². The number of hydrogen-bond donors (Lipinski definition) is 1. The van der Waals surface area contributed by atoms with E-state index in [1.54, 1.807) is 0 Å². The first-order valence-electron chi connectivity index (χ1n) is 10.0. The number of amides is 2. The first-order valence-corrected chi connectivity index (χ1v) is 10.0. The maximum atomic E-state index is 13.6. The highest BCUT2D eigenvalue weighted by atomic mass is 16.2. The van der Waals surface area contributed by atoms with Gasteiger partial charge in [-0.3, -0.25) is 9.59 Å². The monoisotopic (exact) mass is 397 g/mol. The number of carbonyl (C=O) groups is 2. The van der Waals surface area contributed by atoms with Crippen molar-refractivity contribution in [1.82, 2.24) is 10.3 Å². The van der Waals surface area contributed by atoms with Crippen molar-refractivity contribution < 1.29 is 9.59 Å². The minimum Gasteiger partial charge on any atom is -0.356 e. The number of nitrogens with zero attached hydrogens (tertiary/aromatic N) is 2. The quantitative estimate of drug-likeness (QED) is 0.383. The maximum absolute atomic E-state index is 13.6. The second kappa shape index (κ2) is 8.74. The normalized spacial score (nSPS) is 10.8. The fourth-order valence-corrected chi connectivity index (χ4v) is 3.66. The number of aromatic nitrogens is 1. The van der Waals surface area contributed by atoms with E-state index in [9.17, 15) is 9.59 Å². The van der Waals surface area contributed by atoms with Gasteiger partial charge in [0.2, 0.25) is 5.91 Å². The summed E-state index contributed by atoms with van der Waals surface area (Å²) in [6.07, 6.45) is 0.642. The molecule has 5 nitrogen and oxygen atoms in total. The standard InChI is InChI=1S/C25H23N3O2/c1-18(29)26-16-9-17-28(25(30)19-10-3-2-4-11-19)24-20-12-5-7-14-22(20)27-23-15-8-6-13-21(23)24/h2-8,10-15H,9,16-17H2,1H3,(H,26,29). The fraction of sp³-hybridized carbons (Fsp3) is 0.160. The van der Waals surface area contributed by atoms with E-state index >= 15 is 0 Å². The molecule has 0 fully saturated rings. The Hall–Kier alpha value is -3.73. The maximum Gasteiger partial charge on any atom is 0.258 e. The molecule has 0 unspecified atom stereocenters. The number of pyridine rings is 1. The molecule has 4 rings (SSSR count). The molecule has 0 spiro atoms. The summed E-state index contributed by atoms with van der Waals surface area (Å²) in [6, 6.07) is 25.1. The smallest absolute Gasteiger partial charge is 0.258 e. The number of rotatable bonds is 6. The summed E-state index contributed by atoms with van der Waals surface area (Å²) in [6.45, 7) is 2.48. The summed E-state index contributed by atoms with van der Waals surface area (Å²) in [5.74, 6) is -0.143. The Kier molecular flexibility index (Phi) is 5.70. The molecule has 0 aliphatic carbocycles. The Labute approximate surface area is 175 Å². The average molecular weight is 397 g/mol. The molecular weight excluding hydrogens is 374 g/mol. The van der Waals surface area contributed by atoms with Crippen molar-refractivity contribution in [3.8, 4) is 0 Å². The van der Waals surface area contributed by atoms with Gasteiger partial charge in [-0.15, -0.1) is 0 Å². The molecule has 1 heterocycles. The van der Waals surface area contributed by atoms with Crippen LogP contribution in [-0.2, 0) is 4.79 Å². The van der Waals surface area contributed by atoms with Crippen LogP contribution in [-0.4, -0.2) is 29.9 Å². The summed E-state index contributed by atoms with van der Waals surface area (Å²) < 4.78 is 0. The molecule has 0 saturated heterocycles. The summed E-state index contributed by atoms with van der Waals surface area (Å²) >= 11 is 0. The number of fused-ring (bicyclic) bond motifs is 2. The summed E-state index contributed by atoms with van der Waals surface area (Å²) in [5, 5.41) is 4.68. The van der Waals surface area contributed by atoms with Crippen LogP contribution in [0.4, 0.5) is 5.69 Å². The van der Waals surface area contributed by atoms with Gasteiger partial charge in [0.15, 0.2) is 0 Å². The Morgan fingerprint density at radius 1 is 0.833 bits per heavy atom. The topological polar surface area (TPSA) is 62.3 Å². The van der Waals surface area contributed by atoms with Crippen molar-refractivity contribution in [2.24, 2.45) is 0 Å². The van der Waals surface area contributed by atoms with Crippen molar-refractivity contribution in [3.63, 3.8) is 0 Å². The van der Waals surface area contributed by atoms with Gasteiger partial charge in [-0.05, 0) is 30.7 Å². The van der Waals surface area contributed by atoms with Crippen LogP contribution in [0.25, 0.3) is 21.8 Å². The van der Waals surface area contributed by atoms with Crippen molar-refractivity contribution in [3.05, 3.63) is 84.4 Å². The zero-order valence-corrected chi connectivity index (χ0v) is 16.8. The molecule has 5 heteroatoms. The first kappa shape index (κ1) is 19.6. The Morgan fingerprint density at radius 3 is 2.00 bits per heavy atom. The van der Waals surface area contributed by atoms with E-state index in [0.29, 0.717) is 25.1 Å². The Morgan fingerprint density at radius 2 is 1.40 bits per heavy atom. The highest BCUT2D eigenvalue weighted by molar-refractivity contribution is 6.17. The molecule has 150 valence electrons. The largest absolute Gasteiger partial charge is 0.356 e. The van der Waals surface area contributed by atoms with Crippen LogP contribution in [0.1, 0.15) is 23.7 Å². The van der Waals surface area contributed by atoms with Gasteiger partial charge in [0, 0.05) is 36.3 Å². The molecule has 3 aromatic carbocycles. The second-order valence-corrected chi connectivity index (χ2v) is 7.15. The Balaban J connectivity index is 1.85. The highest BCUT2D eigenvalue weighted by Gasteiger charge is 2.22. The van der Waals surface area contributed by atoms with E-state index in [2.05, 4.69) is 5.32 Å². The van der Waals surface area contributed by atoms with E-state index in [4.69, 9.17) is 4.98 Å². The number of benzene rings is 3. The summed E-state index contributed by atoms with van der Waals surface area (Å²) in [5.41, 5.74) is 3.17. The zero-order chi connectivity index (χ0) is 20.9. The van der Waals surface area contributed by atoms with Gasteiger partial charge >= 0.3 is 0 Å². The van der Waals surface area contributed by atoms with Gasteiger partial charge < -0.3 is 10.2 Å². The molecule has 0 bridgehead atoms. The highest BCUT2D eigenvalue weighted by Crippen LogP contribution is 2.34. The number of carbonyl (C=O) groups excluding carboxylic acids is 2. The van der Waals surface area contributed by atoms with Crippen LogP contribution in [0.3, 0.4) is 0 Å². The minimum atomic E-state index is -0.0734. The van der Waals surface area contributed by atoms with E-state index in [0.717, 1.165) is 27.5 Å². The van der Waals surface area contributed by atoms with Crippen molar-refractivity contribution in [1.29, 1.82) is 0 Å². The first-order chi connectivity index (χ1) is 14.6. The van der Waals surface area contributed by atoms with Crippen LogP contribution in [0.15, 0.2) is 78.9 Å². The predicted molar refractivity (Wildman–Crippen MR) is 121 cm³/mol. The van der Waals surface area contributed by atoms with Crippen LogP contribution in [0, 0.1) is 0 Å². The molecule has 0 radical (unpaired) electrons. The average Bonchev–Trinajstić information content (AvgIpc) is 2.78. The zero-order valence-electron chi connectivity index (χ0n) is 16.8. The number of anilines is 1. The van der Waals surface area contributed by atoms with Crippen molar-refractivity contribution in [2.75, 3.05) is 18.0 Å². The van der Waals surface area contributed by atoms with E-state index < -0.39 is 0 Å². The lowest BCUT2D eigenvalue weighted by Gasteiger charge is -2.26.